The number of rotatable bonds is 2. The summed E-state index contributed by atoms with van der Waals surface area (Å²) in [6.45, 7) is 0. The van der Waals surface area contributed by atoms with Crippen molar-refractivity contribution in [2.45, 2.75) is 6.42 Å². The lowest BCUT2D eigenvalue weighted by Crippen LogP contribution is -2.29. The summed E-state index contributed by atoms with van der Waals surface area (Å²) >= 11 is 0. The van der Waals surface area contributed by atoms with Crippen molar-refractivity contribution < 1.29 is 10.0 Å². The van der Waals surface area contributed by atoms with Gasteiger partial charge in [-0.05, 0) is 45.3 Å². The smallest absolute Gasteiger partial charge is 0.423 e. The van der Waals surface area contributed by atoms with Crippen LogP contribution >= 0.6 is 0 Å². The Balaban J connectivity index is 1.86. The molecule has 0 saturated carbocycles. The summed E-state index contributed by atoms with van der Waals surface area (Å²) in [6.07, 6.45) is 0.830. The van der Waals surface area contributed by atoms with Crippen molar-refractivity contribution in [1.82, 2.24) is 0 Å². The largest absolute Gasteiger partial charge is 0.488 e. The predicted molar refractivity (Wildman–Crippen MR) is 89.9 cm³/mol. The highest BCUT2D eigenvalue weighted by molar-refractivity contribution is 6.58. The molecule has 2 nitrogen and oxygen atoms in total. The van der Waals surface area contributed by atoms with Gasteiger partial charge in [0.1, 0.15) is 0 Å². The lowest BCUT2D eigenvalue weighted by Gasteiger charge is -2.08. The SMILES string of the molecule is OB(O)c1ccc2c(c1)Cc1c(-c3ccccc3)cccc1-2. The fourth-order valence-corrected chi connectivity index (χ4v) is 3.29. The van der Waals surface area contributed by atoms with Crippen LogP contribution in [-0.4, -0.2) is 17.2 Å². The van der Waals surface area contributed by atoms with Crippen LogP contribution in [0.4, 0.5) is 0 Å². The maximum atomic E-state index is 9.36. The van der Waals surface area contributed by atoms with Crippen molar-refractivity contribution in [3.63, 3.8) is 0 Å². The molecule has 4 rings (SSSR count). The lowest BCUT2D eigenvalue weighted by molar-refractivity contribution is 0.426. The van der Waals surface area contributed by atoms with Gasteiger partial charge in [0.05, 0.1) is 0 Å². The monoisotopic (exact) mass is 286 g/mol. The van der Waals surface area contributed by atoms with Gasteiger partial charge in [0.15, 0.2) is 0 Å². The van der Waals surface area contributed by atoms with E-state index in [1.54, 1.807) is 6.07 Å². The second kappa shape index (κ2) is 5.13. The Bertz CT molecular complexity index is 841. The normalized spacial score (nSPS) is 11.9. The Hall–Kier alpha value is -2.36. The Labute approximate surface area is 129 Å². The van der Waals surface area contributed by atoms with Crippen LogP contribution < -0.4 is 5.46 Å². The standard InChI is InChI=1S/C19H15BO2/c21-20(22)15-9-10-17-14(11-15)12-19-16(7-4-8-18(17)19)13-5-2-1-3-6-13/h1-11,21-22H,12H2. The molecule has 0 radical (unpaired) electrons. The summed E-state index contributed by atoms with van der Waals surface area (Å²) in [7, 11) is -1.41. The minimum absolute atomic E-state index is 0.549. The van der Waals surface area contributed by atoms with Crippen LogP contribution in [0.1, 0.15) is 11.1 Å². The predicted octanol–water partition coefficient (Wildman–Crippen LogP) is 2.60. The van der Waals surface area contributed by atoms with Crippen molar-refractivity contribution in [1.29, 1.82) is 0 Å². The third kappa shape index (κ3) is 2.07. The van der Waals surface area contributed by atoms with Crippen LogP contribution in [0.25, 0.3) is 22.3 Å². The minimum atomic E-state index is -1.41. The minimum Gasteiger partial charge on any atom is -0.423 e. The first kappa shape index (κ1) is 13.3. The molecule has 0 unspecified atom stereocenters. The molecule has 0 aliphatic heterocycles. The van der Waals surface area contributed by atoms with E-state index in [9.17, 15) is 10.0 Å². The second-order valence-corrected chi connectivity index (χ2v) is 5.66. The van der Waals surface area contributed by atoms with E-state index in [1.165, 1.54) is 27.8 Å². The van der Waals surface area contributed by atoms with E-state index in [1.807, 2.05) is 18.2 Å². The first-order valence-electron chi connectivity index (χ1n) is 7.40. The highest BCUT2D eigenvalue weighted by atomic mass is 16.4. The van der Waals surface area contributed by atoms with E-state index < -0.39 is 7.12 Å². The quantitative estimate of drug-likeness (QED) is 0.556. The number of hydrogen-bond donors (Lipinski definition) is 2. The van der Waals surface area contributed by atoms with Crippen LogP contribution in [0.3, 0.4) is 0 Å². The highest BCUT2D eigenvalue weighted by Gasteiger charge is 2.23. The van der Waals surface area contributed by atoms with Crippen molar-refractivity contribution in [2.75, 3.05) is 0 Å². The topological polar surface area (TPSA) is 40.5 Å². The Morgan fingerprint density at radius 2 is 1.50 bits per heavy atom. The summed E-state index contributed by atoms with van der Waals surface area (Å²) in [5.74, 6) is 0. The summed E-state index contributed by atoms with van der Waals surface area (Å²) in [4.78, 5) is 0. The number of fused-ring (bicyclic) bond motifs is 3. The lowest BCUT2D eigenvalue weighted by atomic mass is 9.79. The molecule has 0 saturated heterocycles. The van der Waals surface area contributed by atoms with Crippen LogP contribution in [0.15, 0.2) is 66.7 Å². The van der Waals surface area contributed by atoms with Crippen molar-refractivity contribution in [3.05, 3.63) is 77.9 Å². The molecule has 0 heterocycles. The molecule has 0 amide bonds. The molecule has 3 aromatic rings. The van der Waals surface area contributed by atoms with E-state index in [-0.39, 0.29) is 0 Å². The van der Waals surface area contributed by atoms with Gasteiger partial charge in [-0.1, -0.05) is 66.7 Å². The summed E-state index contributed by atoms with van der Waals surface area (Å²) in [5.41, 5.74) is 7.92. The molecule has 0 bridgehead atoms. The Kier molecular flexibility index (Phi) is 3.10. The van der Waals surface area contributed by atoms with Crippen LogP contribution in [0.2, 0.25) is 0 Å². The van der Waals surface area contributed by atoms with Crippen LogP contribution in [-0.2, 0) is 6.42 Å². The van der Waals surface area contributed by atoms with E-state index in [0.717, 1.165) is 12.0 Å². The average molecular weight is 286 g/mol. The van der Waals surface area contributed by atoms with E-state index in [2.05, 4.69) is 42.5 Å². The van der Waals surface area contributed by atoms with Gasteiger partial charge in [-0.15, -0.1) is 0 Å². The zero-order valence-corrected chi connectivity index (χ0v) is 12.0. The zero-order valence-electron chi connectivity index (χ0n) is 12.0. The third-order valence-electron chi connectivity index (χ3n) is 4.35. The molecule has 0 aromatic heterocycles. The summed E-state index contributed by atoms with van der Waals surface area (Å²) in [5, 5.41) is 18.7. The zero-order chi connectivity index (χ0) is 15.1. The summed E-state index contributed by atoms with van der Waals surface area (Å²) < 4.78 is 0. The maximum Gasteiger partial charge on any atom is 0.488 e. The van der Waals surface area contributed by atoms with Gasteiger partial charge < -0.3 is 10.0 Å². The van der Waals surface area contributed by atoms with Gasteiger partial charge in [0, 0.05) is 0 Å². The van der Waals surface area contributed by atoms with Gasteiger partial charge >= 0.3 is 7.12 Å². The molecule has 106 valence electrons. The van der Waals surface area contributed by atoms with Crippen LogP contribution in [0.5, 0.6) is 0 Å². The van der Waals surface area contributed by atoms with Gasteiger partial charge in [-0.25, -0.2) is 0 Å². The highest BCUT2D eigenvalue weighted by Crippen LogP contribution is 2.41. The van der Waals surface area contributed by atoms with E-state index in [0.29, 0.717) is 5.46 Å². The molecule has 22 heavy (non-hydrogen) atoms. The molecule has 3 heteroatoms. The van der Waals surface area contributed by atoms with E-state index >= 15 is 0 Å². The van der Waals surface area contributed by atoms with Crippen molar-refractivity contribution in [3.8, 4) is 22.3 Å². The molecule has 2 N–H and O–H groups in total. The maximum absolute atomic E-state index is 9.36. The average Bonchev–Trinajstić information content (AvgIpc) is 2.93. The van der Waals surface area contributed by atoms with Gasteiger partial charge in [-0.3, -0.25) is 0 Å². The first-order chi connectivity index (χ1) is 10.7. The molecule has 0 spiro atoms. The van der Waals surface area contributed by atoms with Gasteiger partial charge in [-0.2, -0.15) is 0 Å². The molecule has 0 fully saturated rings. The molecular weight excluding hydrogens is 271 g/mol. The number of benzene rings is 3. The Morgan fingerprint density at radius 1 is 0.727 bits per heavy atom. The first-order valence-corrected chi connectivity index (χ1v) is 7.40. The van der Waals surface area contributed by atoms with Crippen molar-refractivity contribution in [2.24, 2.45) is 0 Å². The fraction of sp³-hybridized carbons (Fsp3) is 0.0526. The summed E-state index contributed by atoms with van der Waals surface area (Å²) in [6, 6.07) is 22.4. The molecule has 0 atom stereocenters. The Morgan fingerprint density at radius 3 is 2.27 bits per heavy atom. The van der Waals surface area contributed by atoms with Crippen LogP contribution in [0, 0.1) is 0 Å². The van der Waals surface area contributed by atoms with Gasteiger partial charge in [0.2, 0.25) is 0 Å². The second-order valence-electron chi connectivity index (χ2n) is 5.66. The van der Waals surface area contributed by atoms with Gasteiger partial charge in [0.25, 0.3) is 0 Å². The molecule has 1 aliphatic rings. The molecule has 3 aromatic carbocycles. The third-order valence-corrected chi connectivity index (χ3v) is 4.35. The van der Waals surface area contributed by atoms with E-state index in [4.69, 9.17) is 0 Å². The molecule has 1 aliphatic carbocycles. The fourth-order valence-electron chi connectivity index (χ4n) is 3.29. The van der Waals surface area contributed by atoms with Crippen molar-refractivity contribution >= 4 is 12.6 Å². The molecular formula is C19H15BO2. The number of hydrogen-bond acceptors (Lipinski definition) is 2.